The number of hydrogen-bond acceptors (Lipinski definition) is 3. The van der Waals surface area contributed by atoms with E-state index >= 15 is 0 Å². The Labute approximate surface area is 71.5 Å². The second kappa shape index (κ2) is 4.12. The molecule has 68 valence electrons. The molecule has 1 unspecified atom stereocenters. The molecule has 1 atom stereocenters. The predicted octanol–water partition coefficient (Wildman–Crippen LogP) is -0.102. The summed E-state index contributed by atoms with van der Waals surface area (Å²) in [5.41, 5.74) is 0. The molecule has 0 spiro atoms. The monoisotopic (exact) mass is 190 g/mol. The Balaban J connectivity index is 4.76. The van der Waals surface area contributed by atoms with Gasteiger partial charge in [-0.15, -0.1) is 6.42 Å². The number of carboxylic acid groups (broad SMARTS) is 1. The highest BCUT2D eigenvalue weighted by Gasteiger charge is 2.29. The molecule has 1 N–H and O–H groups in total. The lowest BCUT2D eigenvalue weighted by molar-refractivity contribution is -0.136. The highest BCUT2D eigenvalue weighted by molar-refractivity contribution is 7.92. The minimum atomic E-state index is -3.66. The maximum atomic E-state index is 11.1. The van der Waals surface area contributed by atoms with Crippen molar-refractivity contribution in [3.8, 4) is 12.3 Å². The van der Waals surface area contributed by atoms with Crippen molar-refractivity contribution in [3.05, 3.63) is 0 Å². The summed E-state index contributed by atoms with van der Waals surface area (Å²) >= 11 is 0. The van der Waals surface area contributed by atoms with Crippen LogP contribution in [0.5, 0.6) is 0 Å². The third-order valence-electron chi connectivity index (χ3n) is 1.36. The smallest absolute Gasteiger partial charge is 0.321 e. The summed E-state index contributed by atoms with van der Waals surface area (Å²) in [6, 6.07) is 0. The van der Waals surface area contributed by atoms with Gasteiger partial charge in [-0.25, -0.2) is 8.42 Å². The van der Waals surface area contributed by atoms with Crippen molar-refractivity contribution in [1.82, 2.24) is 0 Å². The molecule has 5 heteroatoms. The van der Waals surface area contributed by atoms with Gasteiger partial charge in [-0.2, -0.15) is 0 Å². The first kappa shape index (κ1) is 11.0. The van der Waals surface area contributed by atoms with Gasteiger partial charge < -0.3 is 5.11 Å². The molecule has 0 saturated carbocycles. The maximum Gasteiger partial charge on any atom is 0.321 e. The lowest BCUT2D eigenvalue weighted by atomic mass is 10.3. The second-order valence-corrected chi connectivity index (χ2v) is 4.43. The van der Waals surface area contributed by atoms with Crippen LogP contribution in [0.3, 0.4) is 0 Å². The van der Waals surface area contributed by atoms with Gasteiger partial charge in [0, 0.05) is 0 Å². The van der Waals surface area contributed by atoms with Crippen molar-refractivity contribution in [3.63, 3.8) is 0 Å². The molecular formula is C7H10O4S. The second-order valence-electron chi connectivity index (χ2n) is 2.25. The van der Waals surface area contributed by atoms with Crippen LogP contribution in [0.2, 0.25) is 0 Å². The minimum Gasteiger partial charge on any atom is -0.480 e. The van der Waals surface area contributed by atoms with Crippen molar-refractivity contribution in [2.75, 3.05) is 5.75 Å². The molecule has 0 heterocycles. The Morgan fingerprint density at radius 3 is 2.42 bits per heavy atom. The summed E-state index contributed by atoms with van der Waals surface area (Å²) in [7, 11) is -3.66. The van der Waals surface area contributed by atoms with Crippen molar-refractivity contribution < 1.29 is 18.3 Å². The van der Waals surface area contributed by atoms with E-state index in [1.165, 1.54) is 6.92 Å². The number of rotatable bonds is 4. The molecule has 4 nitrogen and oxygen atoms in total. The summed E-state index contributed by atoms with van der Waals surface area (Å²) < 4.78 is 22.2. The fourth-order valence-corrected chi connectivity index (χ4v) is 2.05. The zero-order chi connectivity index (χ0) is 9.78. The highest BCUT2D eigenvalue weighted by atomic mass is 32.2. The number of terminal acetylenes is 1. The first-order chi connectivity index (χ1) is 5.45. The van der Waals surface area contributed by atoms with Crippen LogP contribution in [-0.4, -0.2) is 30.5 Å². The van der Waals surface area contributed by atoms with Crippen LogP contribution in [0.4, 0.5) is 0 Å². The van der Waals surface area contributed by atoms with E-state index in [0.29, 0.717) is 0 Å². The highest BCUT2D eigenvalue weighted by Crippen LogP contribution is 2.06. The molecule has 0 aliphatic heterocycles. The van der Waals surface area contributed by atoms with Crippen LogP contribution in [0.1, 0.15) is 13.3 Å². The Bertz CT molecular complexity index is 296. The molecule has 0 fully saturated rings. The molecule has 0 aromatic carbocycles. The Morgan fingerprint density at radius 2 is 2.17 bits per heavy atom. The molecular weight excluding hydrogens is 180 g/mol. The standard InChI is InChI=1S/C7H10O4S/c1-3-5-12(10,11)6(4-2)7(8)9/h1,6H,4-5H2,2H3,(H,8,9). The van der Waals surface area contributed by atoms with Gasteiger partial charge in [0.1, 0.15) is 5.75 Å². The van der Waals surface area contributed by atoms with Crippen LogP contribution in [0, 0.1) is 12.3 Å². The fourth-order valence-electron chi connectivity index (χ4n) is 0.799. The van der Waals surface area contributed by atoms with E-state index < -0.39 is 26.8 Å². The molecule has 0 saturated heterocycles. The van der Waals surface area contributed by atoms with Gasteiger partial charge in [0.25, 0.3) is 0 Å². The van der Waals surface area contributed by atoms with Gasteiger partial charge in [0.05, 0.1) is 0 Å². The number of carbonyl (C=O) groups is 1. The largest absolute Gasteiger partial charge is 0.480 e. The van der Waals surface area contributed by atoms with Gasteiger partial charge in [-0.1, -0.05) is 12.8 Å². The van der Waals surface area contributed by atoms with Crippen LogP contribution >= 0.6 is 0 Å². The van der Waals surface area contributed by atoms with Gasteiger partial charge in [0.15, 0.2) is 15.1 Å². The first-order valence-electron chi connectivity index (χ1n) is 3.33. The summed E-state index contributed by atoms with van der Waals surface area (Å²) in [4.78, 5) is 10.4. The molecule has 0 aromatic heterocycles. The molecule has 12 heavy (non-hydrogen) atoms. The van der Waals surface area contributed by atoms with E-state index in [1.54, 1.807) is 0 Å². The SMILES string of the molecule is C#CCS(=O)(=O)C(CC)C(=O)O. The molecule has 0 amide bonds. The van der Waals surface area contributed by atoms with Crippen LogP contribution in [0.15, 0.2) is 0 Å². The van der Waals surface area contributed by atoms with Gasteiger partial charge in [-0.3, -0.25) is 4.79 Å². The topological polar surface area (TPSA) is 71.4 Å². The first-order valence-corrected chi connectivity index (χ1v) is 5.05. The molecule has 0 aromatic rings. The normalized spacial score (nSPS) is 13.3. The summed E-state index contributed by atoms with van der Waals surface area (Å²) in [6.07, 6.45) is 4.83. The van der Waals surface area contributed by atoms with E-state index in [9.17, 15) is 13.2 Å². The van der Waals surface area contributed by atoms with Gasteiger partial charge in [-0.05, 0) is 6.42 Å². The van der Waals surface area contributed by atoms with Crippen molar-refractivity contribution in [2.45, 2.75) is 18.6 Å². The minimum absolute atomic E-state index is 0.0410. The number of sulfone groups is 1. The third-order valence-corrected chi connectivity index (χ3v) is 3.34. The maximum absolute atomic E-state index is 11.1. The predicted molar refractivity (Wildman–Crippen MR) is 44.3 cm³/mol. The van der Waals surface area contributed by atoms with Crippen LogP contribution in [0.25, 0.3) is 0 Å². The zero-order valence-corrected chi connectivity index (χ0v) is 7.47. The summed E-state index contributed by atoms with van der Waals surface area (Å²) in [6.45, 7) is 1.49. The quantitative estimate of drug-likeness (QED) is 0.628. The number of aliphatic carboxylic acids is 1. The van der Waals surface area contributed by atoms with E-state index in [2.05, 4.69) is 0 Å². The van der Waals surface area contributed by atoms with Crippen LogP contribution < -0.4 is 0 Å². The number of hydrogen-bond donors (Lipinski definition) is 1. The Kier molecular flexibility index (Phi) is 3.77. The van der Waals surface area contributed by atoms with Crippen LogP contribution in [-0.2, 0) is 14.6 Å². The lowest BCUT2D eigenvalue weighted by Gasteiger charge is -2.07. The average Bonchev–Trinajstić information content (AvgIpc) is 1.86. The lowest BCUT2D eigenvalue weighted by Crippen LogP contribution is -2.30. The van der Waals surface area contributed by atoms with Crippen molar-refractivity contribution in [1.29, 1.82) is 0 Å². The Morgan fingerprint density at radius 1 is 1.67 bits per heavy atom. The zero-order valence-electron chi connectivity index (χ0n) is 6.65. The molecule has 0 bridgehead atoms. The summed E-state index contributed by atoms with van der Waals surface area (Å²) in [5.74, 6) is 0.0702. The number of carboxylic acids is 1. The van der Waals surface area contributed by atoms with Gasteiger partial charge in [0.2, 0.25) is 0 Å². The van der Waals surface area contributed by atoms with E-state index in [1.807, 2.05) is 5.92 Å². The molecule has 0 aliphatic carbocycles. The van der Waals surface area contributed by atoms with E-state index in [4.69, 9.17) is 11.5 Å². The van der Waals surface area contributed by atoms with Crippen molar-refractivity contribution in [2.24, 2.45) is 0 Å². The molecule has 0 rings (SSSR count). The Hall–Kier alpha value is -1.02. The third kappa shape index (κ3) is 2.55. The fraction of sp³-hybridized carbons (Fsp3) is 0.571. The van der Waals surface area contributed by atoms with E-state index in [-0.39, 0.29) is 6.42 Å². The molecule has 0 aliphatic rings. The van der Waals surface area contributed by atoms with Gasteiger partial charge >= 0.3 is 5.97 Å². The average molecular weight is 190 g/mol. The van der Waals surface area contributed by atoms with Crippen molar-refractivity contribution >= 4 is 15.8 Å². The summed E-state index contributed by atoms with van der Waals surface area (Å²) in [5, 5.41) is 7.12. The molecule has 0 radical (unpaired) electrons. The van der Waals surface area contributed by atoms with E-state index in [0.717, 1.165) is 0 Å².